The molecule has 0 radical (unpaired) electrons. The van der Waals surface area contributed by atoms with E-state index in [0.29, 0.717) is 24.9 Å². The first-order valence-corrected chi connectivity index (χ1v) is 16.4. The molecular weight excluding hydrogens is 566 g/mol. The second kappa shape index (κ2) is 15.2. The highest BCUT2D eigenvalue weighted by Crippen LogP contribution is 2.29. The van der Waals surface area contributed by atoms with Crippen molar-refractivity contribution in [1.29, 1.82) is 5.26 Å². The van der Waals surface area contributed by atoms with Crippen LogP contribution in [0.25, 0.3) is 10.9 Å². The number of amides is 2. The molecule has 1 N–H and O–H groups in total. The Balaban J connectivity index is 1.15. The minimum Gasteiger partial charge on any atom is -0.459 e. The van der Waals surface area contributed by atoms with Crippen molar-refractivity contribution in [2.75, 3.05) is 19.6 Å². The predicted octanol–water partition coefficient (Wildman–Crippen LogP) is 4.95. The van der Waals surface area contributed by atoms with Crippen molar-refractivity contribution in [3.63, 3.8) is 0 Å². The van der Waals surface area contributed by atoms with Gasteiger partial charge < -0.3 is 19.5 Å². The van der Waals surface area contributed by atoms with E-state index in [9.17, 15) is 19.6 Å². The van der Waals surface area contributed by atoms with Crippen LogP contribution < -0.4 is 5.32 Å². The summed E-state index contributed by atoms with van der Waals surface area (Å²) in [5.41, 5.74) is 3.91. The standard InChI is InChI=1S/C36H45N5O4/c1-3-40-31(23-29-16-15-28(24-37)22-34(29)40)18-17-30-12-7-21-41(30)35(43)33-14-9-20-39(33)19-8-13-32(38-26(2)42)36(44)45-25-27-10-5-4-6-11-27/h4-6,10-11,15-16,22-23,30,32-33H,3,7-9,12-14,17-21,25H2,1-2H3,(H,38,42)/t30-,32-,33+/m0/s1. The van der Waals surface area contributed by atoms with Gasteiger partial charge in [-0.2, -0.15) is 5.26 Å². The van der Waals surface area contributed by atoms with Gasteiger partial charge in [0.05, 0.1) is 17.7 Å². The van der Waals surface area contributed by atoms with Crippen molar-refractivity contribution in [1.82, 2.24) is 19.7 Å². The number of benzene rings is 2. The number of ether oxygens (including phenoxy) is 1. The summed E-state index contributed by atoms with van der Waals surface area (Å²) in [5, 5.41) is 13.3. The number of nitrogens with zero attached hydrogens (tertiary/aromatic N) is 4. The molecule has 1 aromatic heterocycles. The lowest BCUT2D eigenvalue weighted by Gasteiger charge is -2.32. The largest absolute Gasteiger partial charge is 0.459 e. The van der Waals surface area contributed by atoms with Crippen LogP contribution in [0.2, 0.25) is 0 Å². The number of hydrogen-bond donors (Lipinski definition) is 1. The molecule has 238 valence electrons. The number of nitrogens with one attached hydrogen (secondary N) is 1. The predicted molar refractivity (Wildman–Crippen MR) is 173 cm³/mol. The minimum absolute atomic E-state index is 0.138. The first kappa shape index (κ1) is 32.2. The minimum atomic E-state index is -0.712. The fourth-order valence-electron chi connectivity index (χ4n) is 7.09. The molecule has 9 heteroatoms. The average molecular weight is 612 g/mol. The number of esters is 1. The Morgan fingerprint density at radius 3 is 2.62 bits per heavy atom. The molecule has 2 amide bonds. The molecule has 3 heterocycles. The summed E-state index contributed by atoms with van der Waals surface area (Å²) in [6.07, 6.45) is 6.81. The number of carbonyl (C=O) groups excluding carboxylic acids is 3. The van der Waals surface area contributed by atoms with Gasteiger partial charge in [-0.1, -0.05) is 36.4 Å². The molecule has 3 atom stereocenters. The number of hydrogen-bond acceptors (Lipinski definition) is 6. The molecular formula is C36H45N5O4. The monoisotopic (exact) mass is 611 g/mol. The Hall–Kier alpha value is -4.16. The summed E-state index contributed by atoms with van der Waals surface area (Å²) < 4.78 is 7.80. The van der Waals surface area contributed by atoms with Gasteiger partial charge >= 0.3 is 5.97 Å². The van der Waals surface area contributed by atoms with Gasteiger partial charge in [0, 0.05) is 37.3 Å². The smallest absolute Gasteiger partial charge is 0.328 e. The summed E-state index contributed by atoms with van der Waals surface area (Å²) in [5.74, 6) is -0.474. The lowest BCUT2D eigenvalue weighted by molar-refractivity contribution is -0.149. The van der Waals surface area contributed by atoms with E-state index < -0.39 is 12.0 Å². The van der Waals surface area contributed by atoms with Gasteiger partial charge in [-0.25, -0.2) is 4.79 Å². The zero-order chi connectivity index (χ0) is 31.8. The van der Waals surface area contributed by atoms with E-state index in [4.69, 9.17) is 4.74 Å². The fourth-order valence-corrected chi connectivity index (χ4v) is 7.09. The van der Waals surface area contributed by atoms with Crippen molar-refractivity contribution < 1.29 is 19.1 Å². The van der Waals surface area contributed by atoms with Crippen molar-refractivity contribution in [2.45, 2.75) is 96.5 Å². The molecule has 0 aliphatic carbocycles. The van der Waals surface area contributed by atoms with Crippen LogP contribution in [0.15, 0.2) is 54.6 Å². The first-order valence-electron chi connectivity index (χ1n) is 16.4. The molecule has 5 rings (SSSR count). The normalized spacial score (nSPS) is 19.0. The zero-order valence-electron chi connectivity index (χ0n) is 26.5. The van der Waals surface area contributed by atoms with E-state index in [1.807, 2.05) is 48.5 Å². The number of aryl methyl sites for hydroxylation is 2. The number of likely N-dealkylation sites (tertiary alicyclic amines) is 2. The summed E-state index contributed by atoms with van der Waals surface area (Å²) >= 11 is 0. The maximum Gasteiger partial charge on any atom is 0.328 e. The molecule has 0 unspecified atom stereocenters. The van der Waals surface area contributed by atoms with E-state index in [0.717, 1.165) is 74.6 Å². The Kier molecular flexibility index (Phi) is 10.9. The van der Waals surface area contributed by atoms with Crippen LogP contribution >= 0.6 is 0 Å². The molecule has 2 aromatic carbocycles. The highest BCUT2D eigenvalue weighted by Gasteiger charge is 2.38. The molecule has 0 spiro atoms. The zero-order valence-corrected chi connectivity index (χ0v) is 26.5. The third kappa shape index (κ3) is 7.93. The Labute approximate surface area is 266 Å². The Bertz CT molecular complexity index is 1530. The van der Waals surface area contributed by atoms with Gasteiger partial charge in [0.25, 0.3) is 0 Å². The number of carbonyl (C=O) groups is 3. The van der Waals surface area contributed by atoms with Gasteiger partial charge in [-0.15, -0.1) is 0 Å². The Morgan fingerprint density at radius 2 is 1.87 bits per heavy atom. The number of nitriles is 1. The van der Waals surface area contributed by atoms with Gasteiger partial charge in [0.2, 0.25) is 11.8 Å². The van der Waals surface area contributed by atoms with E-state index in [2.05, 4.69) is 38.7 Å². The molecule has 2 saturated heterocycles. The third-order valence-corrected chi connectivity index (χ3v) is 9.30. The summed E-state index contributed by atoms with van der Waals surface area (Å²) in [6.45, 7) is 6.90. The second-order valence-corrected chi connectivity index (χ2v) is 12.3. The maximum absolute atomic E-state index is 13.9. The van der Waals surface area contributed by atoms with Crippen LogP contribution in [0.4, 0.5) is 0 Å². The third-order valence-electron chi connectivity index (χ3n) is 9.30. The quantitative estimate of drug-likeness (QED) is 0.274. The van der Waals surface area contributed by atoms with E-state index in [1.165, 1.54) is 12.6 Å². The van der Waals surface area contributed by atoms with Gasteiger partial charge in [-0.3, -0.25) is 14.5 Å². The number of aromatic nitrogens is 1. The molecule has 3 aromatic rings. The second-order valence-electron chi connectivity index (χ2n) is 12.3. The van der Waals surface area contributed by atoms with Crippen LogP contribution in [0.5, 0.6) is 0 Å². The summed E-state index contributed by atoms with van der Waals surface area (Å²) in [7, 11) is 0. The maximum atomic E-state index is 13.9. The van der Waals surface area contributed by atoms with Crippen molar-refractivity contribution in [3.8, 4) is 6.07 Å². The molecule has 0 saturated carbocycles. The average Bonchev–Trinajstić information content (AvgIpc) is 3.80. The van der Waals surface area contributed by atoms with E-state index in [-0.39, 0.29) is 30.5 Å². The first-order chi connectivity index (χ1) is 21.9. The molecule has 0 bridgehead atoms. The van der Waals surface area contributed by atoms with Crippen LogP contribution in [-0.2, 0) is 38.7 Å². The topological polar surface area (TPSA) is 108 Å². The van der Waals surface area contributed by atoms with E-state index in [1.54, 1.807) is 0 Å². The fraction of sp³-hybridized carbons (Fsp3) is 0.500. The van der Waals surface area contributed by atoms with Crippen molar-refractivity contribution in [2.24, 2.45) is 0 Å². The van der Waals surface area contributed by atoms with Crippen LogP contribution in [0, 0.1) is 11.3 Å². The summed E-state index contributed by atoms with van der Waals surface area (Å²) in [4.78, 5) is 42.9. The van der Waals surface area contributed by atoms with Crippen LogP contribution in [-0.4, -0.2) is 69.9 Å². The van der Waals surface area contributed by atoms with Gasteiger partial charge in [0.15, 0.2) is 0 Å². The van der Waals surface area contributed by atoms with Crippen molar-refractivity contribution >= 4 is 28.7 Å². The van der Waals surface area contributed by atoms with E-state index >= 15 is 0 Å². The molecule has 2 fully saturated rings. The van der Waals surface area contributed by atoms with Crippen LogP contribution in [0.1, 0.15) is 75.6 Å². The summed E-state index contributed by atoms with van der Waals surface area (Å²) in [6, 6.07) is 19.2. The highest BCUT2D eigenvalue weighted by molar-refractivity contribution is 5.84. The lowest BCUT2D eigenvalue weighted by Crippen LogP contribution is -2.48. The highest BCUT2D eigenvalue weighted by atomic mass is 16.5. The molecule has 2 aliphatic rings. The van der Waals surface area contributed by atoms with Crippen molar-refractivity contribution in [3.05, 3.63) is 71.4 Å². The SMILES string of the molecule is CCn1c(CC[C@@H]2CCCN2C(=O)[C@H]2CCCN2CCC[C@H](NC(C)=O)C(=O)OCc2ccccc2)cc2ccc(C#N)cc21. The molecule has 2 aliphatic heterocycles. The lowest BCUT2D eigenvalue weighted by atomic mass is 10.1. The van der Waals surface area contributed by atoms with Gasteiger partial charge in [-0.05, 0) is 101 Å². The van der Waals surface area contributed by atoms with Crippen LogP contribution in [0.3, 0.4) is 0 Å². The molecule has 9 nitrogen and oxygen atoms in total. The number of rotatable bonds is 13. The van der Waals surface area contributed by atoms with Gasteiger partial charge in [0.1, 0.15) is 12.6 Å². The number of fused-ring (bicyclic) bond motifs is 1. The molecule has 45 heavy (non-hydrogen) atoms. The Morgan fingerprint density at radius 1 is 1.07 bits per heavy atom.